The lowest BCUT2D eigenvalue weighted by Gasteiger charge is -2.36. The molecule has 3 nitrogen and oxygen atoms in total. The van der Waals surface area contributed by atoms with Gasteiger partial charge in [-0.15, -0.1) is 0 Å². The predicted molar refractivity (Wildman–Crippen MR) is 105 cm³/mol. The molecule has 0 aliphatic carbocycles. The number of carbonyl (C=O) groups is 1. The van der Waals surface area contributed by atoms with Crippen LogP contribution in [0.3, 0.4) is 0 Å². The summed E-state index contributed by atoms with van der Waals surface area (Å²) in [5.41, 5.74) is 2.25. The summed E-state index contributed by atoms with van der Waals surface area (Å²) in [4.78, 5) is 17.7. The van der Waals surface area contributed by atoms with Gasteiger partial charge in [-0.2, -0.15) is 0 Å². The van der Waals surface area contributed by atoms with Gasteiger partial charge in [0.25, 0.3) is 5.91 Å². The summed E-state index contributed by atoms with van der Waals surface area (Å²) >= 11 is 0. The SMILES string of the molecule is O=C(c1ccccc1)N1C[C@H]2CC[C@@H]1CN(CCCc1ccccc1)C2. The first-order valence-electron chi connectivity index (χ1n) is 9.92. The smallest absolute Gasteiger partial charge is 0.254 e. The van der Waals surface area contributed by atoms with Gasteiger partial charge in [0, 0.05) is 31.2 Å². The highest BCUT2D eigenvalue weighted by molar-refractivity contribution is 5.94. The van der Waals surface area contributed by atoms with Crippen LogP contribution in [0.5, 0.6) is 0 Å². The van der Waals surface area contributed by atoms with E-state index in [0.717, 1.165) is 44.6 Å². The van der Waals surface area contributed by atoms with E-state index in [1.807, 2.05) is 30.3 Å². The van der Waals surface area contributed by atoms with Gasteiger partial charge in [0.2, 0.25) is 0 Å². The van der Waals surface area contributed by atoms with Gasteiger partial charge < -0.3 is 9.80 Å². The number of benzene rings is 2. The molecule has 3 heterocycles. The molecule has 3 fully saturated rings. The van der Waals surface area contributed by atoms with Gasteiger partial charge in [0.05, 0.1) is 0 Å². The van der Waals surface area contributed by atoms with Gasteiger partial charge in [0.1, 0.15) is 0 Å². The number of hydrogen-bond acceptors (Lipinski definition) is 2. The molecule has 26 heavy (non-hydrogen) atoms. The van der Waals surface area contributed by atoms with Crippen LogP contribution >= 0.6 is 0 Å². The molecule has 2 bridgehead atoms. The van der Waals surface area contributed by atoms with Crippen LogP contribution in [0.15, 0.2) is 60.7 Å². The molecular formula is C23H28N2O. The lowest BCUT2D eigenvalue weighted by Crippen LogP contribution is -2.47. The Morgan fingerprint density at radius 3 is 2.38 bits per heavy atom. The zero-order valence-corrected chi connectivity index (χ0v) is 15.4. The molecule has 3 aliphatic rings. The third-order valence-electron chi connectivity index (χ3n) is 5.85. The fourth-order valence-electron chi connectivity index (χ4n) is 4.51. The van der Waals surface area contributed by atoms with Gasteiger partial charge in [-0.25, -0.2) is 0 Å². The maximum Gasteiger partial charge on any atom is 0.254 e. The molecule has 0 saturated carbocycles. The van der Waals surface area contributed by atoms with Crippen molar-refractivity contribution in [1.29, 1.82) is 0 Å². The van der Waals surface area contributed by atoms with Crippen LogP contribution < -0.4 is 0 Å². The number of nitrogens with zero attached hydrogens (tertiary/aromatic N) is 2. The van der Waals surface area contributed by atoms with Crippen LogP contribution in [0.4, 0.5) is 0 Å². The first-order chi connectivity index (χ1) is 12.8. The standard InChI is InChI=1S/C23H28N2O/c26-23(21-11-5-2-6-12-21)25-17-20-13-14-22(25)18-24(16-20)15-7-10-19-8-3-1-4-9-19/h1-6,8-9,11-12,20,22H,7,10,13-18H2/t20-,22+/m0/s1. The first kappa shape index (κ1) is 17.3. The summed E-state index contributed by atoms with van der Waals surface area (Å²) in [5, 5.41) is 0. The van der Waals surface area contributed by atoms with E-state index in [1.165, 1.54) is 18.4 Å². The van der Waals surface area contributed by atoms with Crippen LogP contribution in [0.25, 0.3) is 0 Å². The summed E-state index contributed by atoms with van der Waals surface area (Å²) < 4.78 is 0. The fraction of sp³-hybridized carbons (Fsp3) is 0.435. The molecule has 3 heteroatoms. The highest BCUT2D eigenvalue weighted by Gasteiger charge is 2.37. The average Bonchev–Trinajstić information content (AvgIpc) is 3.00. The zero-order valence-electron chi connectivity index (χ0n) is 15.4. The normalized spacial score (nSPS) is 23.0. The summed E-state index contributed by atoms with van der Waals surface area (Å²) in [7, 11) is 0. The topological polar surface area (TPSA) is 23.6 Å². The highest BCUT2D eigenvalue weighted by Crippen LogP contribution is 2.29. The zero-order chi connectivity index (χ0) is 17.8. The molecule has 0 radical (unpaired) electrons. The molecule has 3 aliphatic heterocycles. The summed E-state index contributed by atoms with van der Waals surface area (Å²) in [6, 6.07) is 20.9. The Kier molecular flexibility index (Phi) is 5.35. The minimum atomic E-state index is 0.214. The molecule has 2 atom stereocenters. The molecule has 136 valence electrons. The molecule has 5 rings (SSSR count). The molecule has 0 spiro atoms. The van der Waals surface area contributed by atoms with Crippen LogP contribution in [0.2, 0.25) is 0 Å². The fourth-order valence-corrected chi connectivity index (χ4v) is 4.51. The molecule has 1 amide bonds. The third kappa shape index (κ3) is 3.99. The number of piperidine rings is 1. The van der Waals surface area contributed by atoms with E-state index in [9.17, 15) is 4.79 Å². The highest BCUT2D eigenvalue weighted by atomic mass is 16.2. The molecule has 0 unspecified atom stereocenters. The number of fused-ring (bicyclic) bond motifs is 4. The van der Waals surface area contributed by atoms with Crippen molar-refractivity contribution in [1.82, 2.24) is 9.80 Å². The molecule has 0 N–H and O–H groups in total. The van der Waals surface area contributed by atoms with Gasteiger partial charge in [0.15, 0.2) is 0 Å². The Labute approximate surface area is 156 Å². The second-order valence-corrected chi connectivity index (χ2v) is 7.77. The van der Waals surface area contributed by atoms with E-state index in [1.54, 1.807) is 0 Å². The maximum atomic E-state index is 13.0. The van der Waals surface area contributed by atoms with Crippen LogP contribution in [-0.2, 0) is 6.42 Å². The van der Waals surface area contributed by atoms with Crippen molar-refractivity contribution < 1.29 is 4.79 Å². The van der Waals surface area contributed by atoms with Crippen molar-refractivity contribution in [3.05, 3.63) is 71.8 Å². The lowest BCUT2D eigenvalue weighted by atomic mass is 9.94. The van der Waals surface area contributed by atoms with Crippen molar-refractivity contribution >= 4 is 5.91 Å². The number of hydrogen-bond donors (Lipinski definition) is 0. The molecule has 2 aromatic carbocycles. The van der Waals surface area contributed by atoms with Crippen molar-refractivity contribution in [2.75, 3.05) is 26.2 Å². The van der Waals surface area contributed by atoms with E-state index in [0.29, 0.717) is 12.0 Å². The predicted octanol–water partition coefficient (Wildman–Crippen LogP) is 3.86. The monoisotopic (exact) mass is 348 g/mol. The average molecular weight is 348 g/mol. The van der Waals surface area contributed by atoms with Gasteiger partial charge in [-0.05, 0) is 55.8 Å². The molecular weight excluding hydrogens is 320 g/mol. The summed E-state index contributed by atoms with van der Waals surface area (Å²) in [6.45, 7) is 4.23. The molecule has 3 saturated heterocycles. The van der Waals surface area contributed by atoms with E-state index >= 15 is 0 Å². The Hall–Kier alpha value is -2.13. The Balaban J connectivity index is 1.36. The van der Waals surface area contributed by atoms with E-state index in [4.69, 9.17) is 0 Å². The quantitative estimate of drug-likeness (QED) is 0.819. The van der Waals surface area contributed by atoms with Crippen molar-refractivity contribution in [3.63, 3.8) is 0 Å². The van der Waals surface area contributed by atoms with E-state index in [-0.39, 0.29) is 5.91 Å². The number of amides is 1. The van der Waals surface area contributed by atoms with Gasteiger partial charge in [-0.1, -0.05) is 48.5 Å². The second kappa shape index (κ2) is 8.05. The Bertz CT molecular complexity index is 716. The molecule has 0 aromatic heterocycles. The van der Waals surface area contributed by atoms with Crippen molar-refractivity contribution in [2.45, 2.75) is 31.7 Å². The first-order valence-corrected chi connectivity index (χ1v) is 9.92. The summed E-state index contributed by atoms with van der Waals surface area (Å²) in [6.07, 6.45) is 4.74. The van der Waals surface area contributed by atoms with Gasteiger partial charge >= 0.3 is 0 Å². The number of carbonyl (C=O) groups excluding carboxylic acids is 1. The Morgan fingerprint density at radius 1 is 0.885 bits per heavy atom. The van der Waals surface area contributed by atoms with Crippen LogP contribution in [-0.4, -0.2) is 47.9 Å². The lowest BCUT2D eigenvalue weighted by molar-refractivity contribution is 0.0585. The van der Waals surface area contributed by atoms with E-state index in [2.05, 4.69) is 40.1 Å². The summed E-state index contributed by atoms with van der Waals surface area (Å²) in [5.74, 6) is 0.838. The third-order valence-corrected chi connectivity index (χ3v) is 5.85. The van der Waals surface area contributed by atoms with Crippen molar-refractivity contribution in [3.8, 4) is 0 Å². The van der Waals surface area contributed by atoms with Crippen molar-refractivity contribution in [2.24, 2.45) is 5.92 Å². The van der Waals surface area contributed by atoms with Crippen LogP contribution in [0.1, 0.15) is 35.2 Å². The maximum absolute atomic E-state index is 13.0. The largest absolute Gasteiger partial charge is 0.334 e. The van der Waals surface area contributed by atoms with Crippen LogP contribution in [0, 0.1) is 5.92 Å². The second-order valence-electron chi connectivity index (χ2n) is 7.77. The minimum Gasteiger partial charge on any atom is -0.334 e. The van der Waals surface area contributed by atoms with E-state index < -0.39 is 0 Å². The number of aryl methyl sites for hydroxylation is 1. The van der Waals surface area contributed by atoms with Gasteiger partial charge in [-0.3, -0.25) is 4.79 Å². The minimum absolute atomic E-state index is 0.214. The Morgan fingerprint density at radius 2 is 1.62 bits per heavy atom. The number of rotatable bonds is 5. The molecule has 2 aromatic rings.